The summed E-state index contributed by atoms with van der Waals surface area (Å²) in [5.74, 6) is -0.179. The van der Waals surface area contributed by atoms with Crippen LogP contribution in [0.4, 0.5) is 5.69 Å². The van der Waals surface area contributed by atoms with Gasteiger partial charge in [-0.1, -0.05) is 15.9 Å². The van der Waals surface area contributed by atoms with Crippen LogP contribution in [0.1, 0.15) is 12.8 Å². The Morgan fingerprint density at radius 2 is 2.10 bits per heavy atom. The van der Waals surface area contributed by atoms with E-state index < -0.39 is 5.60 Å². The molecule has 1 aliphatic rings. The van der Waals surface area contributed by atoms with Gasteiger partial charge in [0.1, 0.15) is 11.4 Å². The van der Waals surface area contributed by atoms with Gasteiger partial charge < -0.3 is 20.5 Å². The van der Waals surface area contributed by atoms with E-state index in [1.165, 1.54) is 6.07 Å². The van der Waals surface area contributed by atoms with Gasteiger partial charge in [-0.2, -0.15) is 0 Å². The number of nitrogens with one attached hydrogen (secondary N) is 2. The molecule has 0 aromatic heterocycles. The molecular formula is C13H18BrClN2O3. The number of anilines is 1. The van der Waals surface area contributed by atoms with Gasteiger partial charge in [0.15, 0.2) is 0 Å². The molecule has 0 aliphatic carbocycles. The van der Waals surface area contributed by atoms with Crippen LogP contribution >= 0.6 is 28.3 Å². The number of amides is 1. The first-order valence-electron chi connectivity index (χ1n) is 6.13. The number of carbonyl (C=O) groups excluding carboxylic acids is 1. The van der Waals surface area contributed by atoms with Gasteiger partial charge in [-0.25, -0.2) is 0 Å². The van der Waals surface area contributed by atoms with Crippen LogP contribution in [0, 0.1) is 0 Å². The van der Waals surface area contributed by atoms with Gasteiger partial charge in [-0.15, -0.1) is 12.4 Å². The van der Waals surface area contributed by atoms with Crippen LogP contribution in [0.15, 0.2) is 22.7 Å². The summed E-state index contributed by atoms with van der Waals surface area (Å²) >= 11 is 3.31. The normalized spacial score (nSPS) is 17.1. The minimum absolute atomic E-state index is 0. The third-order valence-corrected chi connectivity index (χ3v) is 3.92. The highest BCUT2D eigenvalue weighted by atomic mass is 79.9. The van der Waals surface area contributed by atoms with Crippen LogP contribution < -0.4 is 10.6 Å². The lowest BCUT2D eigenvalue weighted by molar-refractivity contribution is -0.140. The molecular weight excluding hydrogens is 348 g/mol. The number of aromatic hydroxyl groups is 1. The van der Waals surface area contributed by atoms with E-state index >= 15 is 0 Å². The van der Waals surface area contributed by atoms with Crippen molar-refractivity contribution in [3.63, 3.8) is 0 Å². The van der Waals surface area contributed by atoms with E-state index in [2.05, 4.69) is 26.6 Å². The topological polar surface area (TPSA) is 70.6 Å². The van der Waals surface area contributed by atoms with Gasteiger partial charge in [0.2, 0.25) is 0 Å². The second-order valence-corrected chi connectivity index (χ2v) is 5.48. The number of halogens is 2. The number of piperidine rings is 1. The molecule has 5 nitrogen and oxygen atoms in total. The van der Waals surface area contributed by atoms with Crippen LogP contribution in [-0.2, 0) is 9.53 Å². The van der Waals surface area contributed by atoms with Crippen molar-refractivity contribution in [3.8, 4) is 5.75 Å². The van der Waals surface area contributed by atoms with Gasteiger partial charge in [0.25, 0.3) is 5.91 Å². The number of phenols is 1. The number of carbonyl (C=O) groups is 1. The Labute approximate surface area is 132 Å². The number of phenolic OH excluding ortho intramolecular Hbond substituents is 1. The Balaban J connectivity index is 0.00000200. The minimum atomic E-state index is -0.819. The maximum absolute atomic E-state index is 12.4. The second kappa shape index (κ2) is 7.26. The van der Waals surface area contributed by atoms with Crippen molar-refractivity contribution in [2.75, 3.05) is 25.5 Å². The number of hydrogen-bond acceptors (Lipinski definition) is 4. The highest BCUT2D eigenvalue weighted by Crippen LogP contribution is 2.30. The molecule has 0 atom stereocenters. The molecule has 7 heteroatoms. The predicted molar refractivity (Wildman–Crippen MR) is 83.5 cm³/mol. The average molecular weight is 366 g/mol. The summed E-state index contributed by atoms with van der Waals surface area (Å²) in [6.45, 7) is 1.48. The van der Waals surface area contributed by atoms with Gasteiger partial charge >= 0.3 is 0 Å². The first kappa shape index (κ1) is 17.2. The smallest absolute Gasteiger partial charge is 0.256 e. The Bertz CT molecular complexity index is 479. The molecule has 1 aromatic rings. The number of benzene rings is 1. The van der Waals surface area contributed by atoms with Crippen molar-refractivity contribution in [2.45, 2.75) is 18.4 Å². The first-order valence-corrected chi connectivity index (χ1v) is 6.92. The van der Waals surface area contributed by atoms with E-state index in [1.807, 2.05) is 0 Å². The number of methoxy groups -OCH3 is 1. The molecule has 1 saturated heterocycles. The quantitative estimate of drug-likeness (QED) is 0.719. The van der Waals surface area contributed by atoms with E-state index in [0.29, 0.717) is 18.5 Å². The van der Waals surface area contributed by atoms with Crippen LogP contribution in [0.5, 0.6) is 5.75 Å². The molecule has 0 saturated carbocycles. The second-order valence-electron chi connectivity index (χ2n) is 4.56. The Morgan fingerprint density at radius 1 is 1.45 bits per heavy atom. The molecule has 1 heterocycles. The summed E-state index contributed by atoms with van der Waals surface area (Å²) in [5.41, 5.74) is -0.436. The maximum atomic E-state index is 12.4. The van der Waals surface area contributed by atoms with E-state index in [0.717, 1.165) is 17.6 Å². The zero-order valence-corrected chi connectivity index (χ0v) is 13.5. The molecule has 0 bridgehead atoms. The van der Waals surface area contributed by atoms with E-state index in [9.17, 15) is 9.90 Å². The zero-order chi connectivity index (χ0) is 13.9. The van der Waals surface area contributed by atoms with Crippen molar-refractivity contribution in [3.05, 3.63) is 22.7 Å². The van der Waals surface area contributed by atoms with Crippen LogP contribution in [0.25, 0.3) is 0 Å². The molecule has 112 valence electrons. The molecule has 2 rings (SSSR count). The minimum Gasteiger partial charge on any atom is -0.506 e. The van der Waals surface area contributed by atoms with E-state index in [1.54, 1.807) is 19.2 Å². The summed E-state index contributed by atoms with van der Waals surface area (Å²) in [6.07, 6.45) is 1.23. The van der Waals surface area contributed by atoms with Crippen molar-refractivity contribution >= 4 is 39.9 Å². The predicted octanol–water partition coefficient (Wildman–Crippen LogP) is 2.28. The standard InChI is InChI=1S/C13H17BrN2O3.ClH/c1-19-13(4-6-15-7-5-13)12(18)16-10-8-9(14)2-3-11(10)17;/h2-3,8,15,17H,4-7H2,1H3,(H,16,18);1H. The van der Waals surface area contributed by atoms with Crippen LogP contribution in [0.2, 0.25) is 0 Å². The molecule has 20 heavy (non-hydrogen) atoms. The summed E-state index contributed by atoms with van der Waals surface area (Å²) in [4.78, 5) is 12.4. The molecule has 1 aromatic carbocycles. The molecule has 0 radical (unpaired) electrons. The summed E-state index contributed by atoms with van der Waals surface area (Å²) < 4.78 is 6.23. The van der Waals surface area contributed by atoms with Gasteiger partial charge in [0.05, 0.1) is 5.69 Å². The van der Waals surface area contributed by atoms with E-state index in [-0.39, 0.29) is 24.1 Å². The SMILES string of the molecule is COC1(C(=O)Nc2cc(Br)ccc2O)CCNCC1.Cl. The largest absolute Gasteiger partial charge is 0.506 e. The highest BCUT2D eigenvalue weighted by Gasteiger charge is 2.39. The Hall–Kier alpha value is -0.820. The lowest BCUT2D eigenvalue weighted by Gasteiger charge is -2.34. The first-order chi connectivity index (χ1) is 9.07. The monoisotopic (exact) mass is 364 g/mol. The third-order valence-electron chi connectivity index (χ3n) is 3.42. The lowest BCUT2D eigenvalue weighted by Crippen LogP contribution is -2.51. The summed E-state index contributed by atoms with van der Waals surface area (Å²) in [7, 11) is 1.55. The van der Waals surface area contributed by atoms with Gasteiger partial charge in [0, 0.05) is 11.6 Å². The lowest BCUT2D eigenvalue weighted by atomic mass is 9.91. The molecule has 3 N–H and O–H groups in total. The van der Waals surface area contributed by atoms with Crippen LogP contribution in [0.3, 0.4) is 0 Å². The number of ether oxygens (including phenoxy) is 1. The van der Waals surface area contributed by atoms with Gasteiger partial charge in [-0.05, 0) is 44.1 Å². The number of hydrogen-bond donors (Lipinski definition) is 3. The fraction of sp³-hybridized carbons (Fsp3) is 0.462. The van der Waals surface area contributed by atoms with Gasteiger partial charge in [-0.3, -0.25) is 4.79 Å². The summed E-state index contributed by atoms with van der Waals surface area (Å²) in [5, 5.41) is 15.7. The number of rotatable bonds is 3. The average Bonchev–Trinajstić information content (AvgIpc) is 2.43. The fourth-order valence-corrected chi connectivity index (χ4v) is 2.56. The van der Waals surface area contributed by atoms with Crippen LogP contribution in [-0.4, -0.2) is 36.8 Å². The maximum Gasteiger partial charge on any atom is 0.256 e. The molecule has 1 fully saturated rings. The Morgan fingerprint density at radius 3 is 2.70 bits per heavy atom. The molecule has 1 amide bonds. The molecule has 0 spiro atoms. The van der Waals surface area contributed by atoms with Crippen molar-refractivity contribution < 1.29 is 14.6 Å². The van der Waals surface area contributed by atoms with Crippen molar-refractivity contribution in [1.29, 1.82) is 0 Å². The zero-order valence-electron chi connectivity index (χ0n) is 11.1. The molecule has 1 aliphatic heterocycles. The summed E-state index contributed by atoms with van der Waals surface area (Å²) in [6, 6.07) is 4.90. The Kier molecular flexibility index (Phi) is 6.26. The molecule has 0 unspecified atom stereocenters. The third kappa shape index (κ3) is 3.63. The highest BCUT2D eigenvalue weighted by molar-refractivity contribution is 9.10. The van der Waals surface area contributed by atoms with E-state index in [4.69, 9.17) is 4.74 Å². The van der Waals surface area contributed by atoms with Crippen molar-refractivity contribution in [1.82, 2.24) is 5.32 Å². The van der Waals surface area contributed by atoms with Crippen molar-refractivity contribution in [2.24, 2.45) is 0 Å². The fourth-order valence-electron chi connectivity index (χ4n) is 2.20.